The lowest BCUT2D eigenvalue weighted by molar-refractivity contribution is -0.118. The normalized spacial score (nSPS) is 12.5. The Hall–Kier alpha value is -1.82. The van der Waals surface area contributed by atoms with Crippen LogP contribution in [0.25, 0.3) is 11.0 Å². The molecular formula is C13H17N3O2S. The van der Waals surface area contributed by atoms with E-state index in [1.807, 2.05) is 36.6 Å². The van der Waals surface area contributed by atoms with Crippen LogP contribution in [0.1, 0.15) is 26.3 Å². The third-order valence-corrected chi connectivity index (χ3v) is 3.25. The number of primary amides is 1. The zero-order valence-electron chi connectivity index (χ0n) is 11.0. The first-order chi connectivity index (χ1) is 9.04. The number of hydrogen-bond donors (Lipinski definition) is 2. The molecule has 6 heteroatoms. The van der Waals surface area contributed by atoms with Crippen molar-refractivity contribution in [3.05, 3.63) is 23.0 Å². The van der Waals surface area contributed by atoms with Gasteiger partial charge in [0.2, 0.25) is 5.91 Å². The molecule has 19 heavy (non-hydrogen) atoms. The summed E-state index contributed by atoms with van der Waals surface area (Å²) in [5.41, 5.74) is 7.02. The van der Waals surface area contributed by atoms with Crippen LogP contribution in [0.15, 0.2) is 18.2 Å². The highest BCUT2D eigenvalue weighted by Crippen LogP contribution is 2.28. The van der Waals surface area contributed by atoms with Crippen LogP contribution in [-0.2, 0) is 4.79 Å². The predicted molar refractivity (Wildman–Crippen MR) is 76.8 cm³/mol. The van der Waals surface area contributed by atoms with Crippen LogP contribution in [0.3, 0.4) is 0 Å². The zero-order chi connectivity index (χ0) is 14.0. The van der Waals surface area contributed by atoms with Gasteiger partial charge >= 0.3 is 0 Å². The second-order valence-corrected chi connectivity index (χ2v) is 4.79. The van der Waals surface area contributed by atoms with Crippen LogP contribution in [0, 0.1) is 4.77 Å². The van der Waals surface area contributed by atoms with E-state index in [4.69, 9.17) is 22.7 Å². The maximum atomic E-state index is 11.1. The molecule has 0 aliphatic carbocycles. The molecule has 0 bridgehead atoms. The number of fused-ring (bicyclic) bond motifs is 1. The lowest BCUT2D eigenvalue weighted by Crippen LogP contribution is -2.17. The van der Waals surface area contributed by atoms with Crippen molar-refractivity contribution in [3.63, 3.8) is 0 Å². The minimum atomic E-state index is -0.343. The van der Waals surface area contributed by atoms with Gasteiger partial charge < -0.3 is 20.0 Å². The van der Waals surface area contributed by atoms with E-state index in [0.29, 0.717) is 11.4 Å². The number of para-hydroxylation sites is 1. The largest absolute Gasteiger partial charge is 0.492 e. The Labute approximate surface area is 116 Å². The molecule has 0 saturated carbocycles. The molecule has 5 nitrogen and oxygen atoms in total. The number of rotatable bonds is 5. The van der Waals surface area contributed by atoms with Crippen molar-refractivity contribution in [1.29, 1.82) is 0 Å². The van der Waals surface area contributed by atoms with E-state index in [9.17, 15) is 4.79 Å². The summed E-state index contributed by atoms with van der Waals surface area (Å²) in [5, 5.41) is 0. The summed E-state index contributed by atoms with van der Waals surface area (Å²) in [6.07, 6.45) is 0.250. The summed E-state index contributed by atoms with van der Waals surface area (Å²) in [4.78, 5) is 14.2. The molecule has 0 fully saturated rings. The maximum absolute atomic E-state index is 11.1. The number of carbonyl (C=O) groups is 1. The number of imidazole rings is 1. The molecule has 1 aromatic heterocycles. The molecule has 0 saturated heterocycles. The molecular weight excluding hydrogens is 262 g/mol. The van der Waals surface area contributed by atoms with Crippen LogP contribution < -0.4 is 10.5 Å². The lowest BCUT2D eigenvalue weighted by Gasteiger charge is -2.12. The van der Waals surface area contributed by atoms with Gasteiger partial charge in [0.1, 0.15) is 11.3 Å². The SMILES string of the molecule is CCOc1cccc2c1[nH]c(=S)n2C(C)CC(N)=O. The van der Waals surface area contributed by atoms with Crippen LogP contribution in [0.2, 0.25) is 0 Å². The van der Waals surface area contributed by atoms with Crippen LogP contribution in [-0.4, -0.2) is 22.1 Å². The average molecular weight is 279 g/mol. The van der Waals surface area contributed by atoms with Crippen molar-refractivity contribution in [2.24, 2.45) is 5.73 Å². The van der Waals surface area contributed by atoms with E-state index in [1.54, 1.807) is 0 Å². The van der Waals surface area contributed by atoms with Gasteiger partial charge in [-0.3, -0.25) is 4.79 Å². The predicted octanol–water partition coefficient (Wildman–Crippen LogP) is 2.53. The van der Waals surface area contributed by atoms with Gasteiger partial charge in [-0.1, -0.05) is 6.07 Å². The number of ether oxygens (including phenoxy) is 1. The summed E-state index contributed by atoms with van der Waals surface area (Å²) in [6.45, 7) is 4.43. The number of benzene rings is 1. The van der Waals surface area contributed by atoms with Gasteiger partial charge in [-0.25, -0.2) is 0 Å². The number of hydrogen-bond acceptors (Lipinski definition) is 3. The Kier molecular flexibility index (Phi) is 3.90. The number of amides is 1. The second-order valence-electron chi connectivity index (χ2n) is 4.40. The quantitative estimate of drug-likeness (QED) is 0.826. The standard InChI is InChI=1S/C13H17N3O2S/c1-3-18-10-6-4-5-9-12(10)15-13(19)16(9)8(2)7-11(14)17/h4-6,8H,3,7H2,1-2H3,(H2,14,17)(H,15,19). The smallest absolute Gasteiger partial charge is 0.219 e. The maximum Gasteiger partial charge on any atom is 0.219 e. The molecule has 2 aromatic rings. The monoisotopic (exact) mass is 279 g/mol. The second kappa shape index (κ2) is 5.44. The molecule has 1 amide bonds. The van der Waals surface area contributed by atoms with Gasteiger partial charge in [0.15, 0.2) is 4.77 Å². The Morgan fingerprint density at radius 2 is 2.32 bits per heavy atom. The highest BCUT2D eigenvalue weighted by Gasteiger charge is 2.15. The van der Waals surface area contributed by atoms with E-state index in [-0.39, 0.29) is 18.4 Å². The van der Waals surface area contributed by atoms with Crippen LogP contribution >= 0.6 is 12.2 Å². The summed E-state index contributed by atoms with van der Waals surface area (Å²) in [7, 11) is 0. The molecule has 102 valence electrons. The Morgan fingerprint density at radius 3 is 2.95 bits per heavy atom. The highest BCUT2D eigenvalue weighted by molar-refractivity contribution is 7.71. The summed E-state index contributed by atoms with van der Waals surface area (Å²) >= 11 is 5.33. The topological polar surface area (TPSA) is 73.0 Å². The van der Waals surface area contributed by atoms with Gasteiger partial charge in [-0.2, -0.15) is 0 Å². The first-order valence-corrected chi connectivity index (χ1v) is 6.59. The van der Waals surface area contributed by atoms with Gasteiger partial charge in [0.25, 0.3) is 0 Å². The van der Waals surface area contributed by atoms with E-state index in [2.05, 4.69) is 4.98 Å². The van der Waals surface area contributed by atoms with Crippen LogP contribution in [0.5, 0.6) is 5.75 Å². The minimum absolute atomic E-state index is 0.0874. The minimum Gasteiger partial charge on any atom is -0.492 e. The third-order valence-electron chi connectivity index (χ3n) is 2.95. The fraction of sp³-hybridized carbons (Fsp3) is 0.385. The number of carbonyl (C=O) groups excluding carboxylic acids is 1. The first-order valence-electron chi connectivity index (χ1n) is 6.19. The molecule has 0 aliphatic rings. The van der Waals surface area contributed by atoms with E-state index in [0.717, 1.165) is 16.8 Å². The van der Waals surface area contributed by atoms with E-state index < -0.39 is 0 Å². The van der Waals surface area contributed by atoms with Crippen LogP contribution in [0.4, 0.5) is 0 Å². The fourth-order valence-corrected chi connectivity index (χ4v) is 2.60. The van der Waals surface area contributed by atoms with Gasteiger partial charge in [0, 0.05) is 12.5 Å². The molecule has 1 unspecified atom stereocenters. The molecule has 0 aliphatic heterocycles. The molecule has 2 rings (SSSR count). The Morgan fingerprint density at radius 1 is 1.58 bits per heavy atom. The Balaban J connectivity index is 2.56. The Bertz CT molecular complexity index is 659. The first kappa shape index (κ1) is 13.6. The van der Waals surface area contributed by atoms with Gasteiger partial charge in [-0.15, -0.1) is 0 Å². The van der Waals surface area contributed by atoms with Crippen molar-refractivity contribution in [1.82, 2.24) is 9.55 Å². The lowest BCUT2D eigenvalue weighted by atomic mass is 10.2. The molecule has 0 spiro atoms. The summed E-state index contributed by atoms with van der Waals surface area (Å²) in [6, 6.07) is 5.65. The zero-order valence-corrected chi connectivity index (χ0v) is 11.8. The van der Waals surface area contributed by atoms with Gasteiger partial charge in [-0.05, 0) is 38.2 Å². The molecule has 1 atom stereocenters. The number of nitrogens with one attached hydrogen (secondary N) is 1. The molecule has 0 radical (unpaired) electrons. The van der Waals surface area contributed by atoms with E-state index in [1.165, 1.54) is 0 Å². The molecule has 3 N–H and O–H groups in total. The van der Waals surface area contributed by atoms with Gasteiger partial charge in [0.05, 0.1) is 12.1 Å². The fourth-order valence-electron chi connectivity index (χ4n) is 2.22. The highest BCUT2D eigenvalue weighted by atomic mass is 32.1. The number of aromatic amines is 1. The third kappa shape index (κ3) is 2.63. The number of nitrogens with two attached hydrogens (primary N) is 1. The number of H-pyrrole nitrogens is 1. The van der Waals surface area contributed by atoms with Crippen molar-refractivity contribution in [3.8, 4) is 5.75 Å². The van der Waals surface area contributed by atoms with Crippen molar-refractivity contribution in [2.75, 3.05) is 6.61 Å². The number of nitrogens with zero attached hydrogens (tertiary/aromatic N) is 1. The number of aromatic nitrogens is 2. The van der Waals surface area contributed by atoms with Crippen molar-refractivity contribution >= 4 is 29.2 Å². The summed E-state index contributed by atoms with van der Waals surface area (Å²) in [5.74, 6) is 0.417. The average Bonchev–Trinajstić information content (AvgIpc) is 2.66. The van der Waals surface area contributed by atoms with Crippen molar-refractivity contribution in [2.45, 2.75) is 26.3 Å². The molecule has 1 heterocycles. The van der Waals surface area contributed by atoms with E-state index >= 15 is 0 Å². The van der Waals surface area contributed by atoms with Crippen molar-refractivity contribution < 1.29 is 9.53 Å². The molecule has 1 aromatic carbocycles. The summed E-state index contributed by atoms with van der Waals surface area (Å²) < 4.78 is 8.03.